The minimum Gasteiger partial charge on any atom is -0.480 e. The number of hydrogen-bond donors (Lipinski definition) is 2. The molecule has 1 aliphatic rings. The van der Waals surface area contributed by atoms with Gasteiger partial charge in [0.15, 0.2) is 0 Å². The molecule has 0 aromatic heterocycles. The number of benzene rings is 2. The second kappa shape index (κ2) is 16.8. The lowest BCUT2D eigenvalue weighted by Crippen LogP contribution is -2.41. The van der Waals surface area contributed by atoms with Crippen molar-refractivity contribution in [3.8, 4) is 11.1 Å². The zero-order chi connectivity index (χ0) is 28.9. The van der Waals surface area contributed by atoms with Gasteiger partial charge < -0.3 is 19.9 Å². The molecular formula is C33H47NO5S. The summed E-state index contributed by atoms with van der Waals surface area (Å²) in [5.41, 5.74) is 4.22. The van der Waals surface area contributed by atoms with E-state index in [2.05, 4.69) is 19.2 Å². The molecule has 2 aromatic carbocycles. The van der Waals surface area contributed by atoms with Gasteiger partial charge in [-0.3, -0.25) is 4.79 Å². The third-order valence-electron chi connectivity index (χ3n) is 7.93. The Bertz CT molecular complexity index is 1080. The molecular weight excluding hydrogens is 522 g/mol. The summed E-state index contributed by atoms with van der Waals surface area (Å²) < 4.78 is 12.6. The van der Waals surface area contributed by atoms with E-state index in [1.54, 1.807) is 17.8 Å². The lowest BCUT2D eigenvalue weighted by atomic mass is 9.85. The Balaban J connectivity index is 1.82. The van der Waals surface area contributed by atoms with Crippen molar-refractivity contribution in [1.29, 1.82) is 0 Å². The van der Waals surface area contributed by atoms with Crippen LogP contribution in [-0.4, -0.2) is 53.8 Å². The minimum absolute atomic E-state index is 0.0229. The number of aryl methyl sites for hydroxylation is 1. The number of rotatable bonds is 16. The fraction of sp³-hybridized carbons (Fsp3) is 0.576. The molecule has 0 spiro atoms. The Morgan fingerprint density at radius 1 is 1.07 bits per heavy atom. The van der Waals surface area contributed by atoms with Gasteiger partial charge in [0.25, 0.3) is 5.91 Å². The molecule has 6 nitrogen and oxygen atoms in total. The van der Waals surface area contributed by atoms with Gasteiger partial charge in [0.1, 0.15) is 6.04 Å². The highest BCUT2D eigenvalue weighted by Gasteiger charge is 2.24. The van der Waals surface area contributed by atoms with Crippen molar-refractivity contribution in [3.05, 3.63) is 59.2 Å². The molecule has 0 saturated heterocycles. The Morgan fingerprint density at radius 2 is 1.82 bits per heavy atom. The molecule has 0 aliphatic heterocycles. The molecule has 0 radical (unpaired) electrons. The van der Waals surface area contributed by atoms with Crippen LogP contribution in [0.4, 0.5) is 0 Å². The number of thioether (sulfide) groups is 1. The first-order valence-corrected chi connectivity index (χ1v) is 16.2. The Hall–Kier alpha value is -2.35. The predicted octanol–water partition coefficient (Wildman–Crippen LogP) is 7.27. The highest BCUT2D eigenvalue weighted by Crippen LogP contribution is 2.31. The van der Waals surface area contributed by atoms with E-state index < -0.39 is 12.0 Å². The van der Waals surface area contributed by atoms with Gasteiger partial charge in [0.05, 0.1) is 25.4 Å². The van der Waals surface area contributed by atoms with Crippen LogP contribution >= 0.6 is 11.8 Å². The molecule has 3 atom stereocenters. The van der Waals surface area contributed by atoms with Crippen LogP contribution in [0.5, 0.6) is 0 Å². The number of ether oxygens (including phenoxy) is 2. The van der Waals surface area contributed by atoms with Crippen LogP contribution in [0.25, 0.3) is 11.1 Å². The maximum absolute atomic E-state index is 13.4. The summed E-state index contributed by atoms with van der Waals surface area (Å²) in [5.74, 6) is -0.0629. The summed E-state index contributed by atoms with van der Waals surface area (Å²) in [5, 5.41) is 12.4. The maximum Gasteiger partial charge on any atom is 0.326 e. The number of carbonyl (C=O) groups is 2. The average molecular weight is 570 g/mol. The van der Waals surface area contributed by atoms with E-state index in [4.69, 9.17) is 9.47 Å². The third-order valence-corrected chi connectivity index (χ3v) is 8.57. The molecule has 0 heterocycles. The van der Waals surface area contributed by atoms with Gasteiger partial charge in [-0.25, -0.2) is 4.79 Å². The lowest BCUT2D eigenvalue weighted by Gasteiger charge is -2.27. The largest absolute Gasteiger partial charge is 0.480 e. The first-order chi connectivity index (χ1) is 19.3. The van der Waals surface area contributed by atoms with E-state index in [9.17, 15) is 14.7 Å². The van der Waals surface area contributed by atoms with Crippen LogP contribution in [0, 0.1) is 12.8 Å². The van der Waals surface area contributed by atoms with Gasteiger partial charge in [0.2, 0.25) is 0 Å². The number of carbonyl (C=O) groups excluding carboxylic acids is 1. The summed E-state index contributed by atoms with van der Waals surface area (Å²) in [6, 6.07) is 12.8. The maximum atomic E-state index is 13.4. The molecule has 3 rings (SSSR count). The number of aliphatic carboxylic acids is 1. The second-order valence-electron chi connectivity index (χ2n) is 11.1. The fourth-order valence-electron chi connectivity index (χ4n) is 5.29. The Kier molecular flexibility index (Phi) is 13.5. The second-order valence-corrected chi connectivity index (χ2v) is 12.1. The molecule has 1 aliphatic carbocycles. The number of carboxylic acid groups (broad SMARTS) is 1. The quantitative estimate of drug-likeness (QED) is 0.221. The first-order valence-electron chi connectivity index (χ1n) is 14.8. The monoisotopic (exact) mass is 569 g/mol. The van der Waals surface area contributed by atoms with Crippen LogP contribution in [0.15, 0.2) is 42.5 Å². The average Bonchev–Trinajstić information content (AvgIpc) is 2.96. The van der Waals surface area contributed by atoms with Gasteiger partial charge >= 0.3 is 5.97 Å². The summed E-state index contributed by atoms with van der Waals surface area (Å²) >= 11 is 1.56. The van der Waals surface area contributed by atoms with Crippen molar-refractivity contribution in [1.82, 2.24) is 5.32 Å². The normalized spacial score (nSPS) is 16.3. The summed E-state index contributed by atoms with van der Waals surface area (Å²) in [6.07, 6.45) is 11.0. The summed E-state index contributed by atoms with van der Waals surface area (Å²) in [6.45, 7) is 7.27. The van der Waals surface area contributed by atoms with Gasteiger partial charge in [0, 0.05) is 5.56 Å². The topological polar surface area (TPSA) is 84.9 Å². The van der Waals surface area contributed by atoms with Crippen LogP contribution in [0.3, 0.4) is 0 Å². The summed E-state index contributed by atoms with van der Waals surface area (Å²) in [7, 11) is 0. The molecule has 2 unspecified atom stereocenters. The molecule has 40 heavy (non-hydrogen) atoms. The number of nitrogens with one attached hydrogen (secondary N) is 1. The van der Waals surface area contributed by atoms with E-state index in [-0.39, 0.29) is 18.1 Å². The van der Waals surface area contributed by atoms with E-state index in [1.165, 1.54) is 32.1 Å². The minimum atomic E-state index is -1.02. The van der Waals surface area contributed by atoms with Crippen molar-refractivity contribution < 1.29 is 24.2 Å². The van der Waals surface area contributed by atoms with Crippen molar-refractivity contribution in [2.75, 3.05) is 18.6 Å². The molecule has 1 fully saturated rings. The van der Waals surface area contributed by atoms with Crippen LogP contribution in [0.1, 0.15) is 86.7 Å². The highest BCUT2D eigenvalue weighted by molar-refractivity contribution is 7.98. The van der Waals surface area contributed by atoms with Crippen LogP contribution in [-0.2, 0) is 20.9 Å². The SMILES string of the molecule is CCC(C)OCC(CC1CCCCC1)OCc1ccc(C(=O)N[C@@H](CCSC)C(=O)O)c(-c2ccccc2C)c1. The molecule has 2 aromatic rings. The van der Waals surface area contributed by atoms with Crippen LogP contribution in [0.2, 0.25) is 0 Å². The van der Waals surface area contributed by atoms with Crippen molar-refractivity contribution in [2.45, 2.75) is 97.0 Å². The van der Waals surface area contributed by atoms with Crippen molar-refractivity contribution in [3.63, 3.8) is 0 Å². The number of hydrogen-bond acceptors (Lipinski definition) is 5. The Labute approximate surface area is 244 Å². The number of amides is 1. The van der Waals surface area contributed by atoms with E-state index in [1.807, 2.05) is 49.6 Å². The fourth-order valence-corrected chi connectivity index (χ4v) is 5.76. The summed E-state index contributed by atoms with van der Waals surface area (Å²) in [4.78, 5) is 25.2. The molecule has 7 heteroatoms. The zero-order valence-corrected chi connectivity index (χ0v) is 25.4. The molecule has 2 N–H and O–H groups in total. The van der Waals surface area contributed by atoms with Gasteiger partial charge in [-0.15, -0.1) is 0 Å². The van der Waals surface area contributed by atoms with Crippen molar-refractivity contribution in [2.24, 2.45) is 5.92 Å². The predicted molar refractivity (Wildman–Crippen MR) is 164 cm³/mol. The van der Waals surface area contributed by atoms with Crippen LogP contribution < -0.4 is 5.32 Å². The van der Waals surface area contributed by atoms with Crippen molar-refractivity contribution >= 4 is 23.6 Å². The van der Waals surface area contributed by atoms with Gasteiger partial charge in [-0.1, -0.05) is 69.4 Å². The van der Waals surface area contributed by atoms with E-state index >= 15 is 0 Å². The van der Waals surface area contributed by atoms with Gasteiger partial charge in [-0.05, 0) is 85.4 Å². The zero-order valence-electron chi connectivity index (χ0n) is 24.6. The first kappa shape index (κ1) is 32.2. The molecule has 1 saturated carbocycles. The standard InChI is InChI=1S/C33H47NO5S/c1-5-24(3)38-22-27(19-25-12-7-6-8-13-25)39-21-26-15-16-29(30(20-26)28-14-10-9-11-23(28)2)32(35)34-31(33(36)37)17-18-40-4/h9-11,14-16,20,24-25,27,31H,5-8,12-13,17-19,21-22H2,1-4H3,(H,34,35)(H,36,37)/t24?,27?,31-/m0/s1. The molecule has 1 amide bonds. The van der Waals surface area contributed by atoms with Gasteiger partial charge in [-0.2, -0.15) is 11.8 Å². The molecule has 0 bridgehead atoms. The smallest absolute Gasteiger partial charge is 0.326 e. The number of carboxylic acids is 1. The van der Waals surface area contributed by atoms with E-state index in [0.29, 0.717) is 36.9 Å². The molecule has 220 valence electrons. The van der Waals surface area contributed by atoms with E-state index in [0.717, 1.165) is 35.1 Å². The highest BCUT2D eigenvalue weighted by atomic mass is 32.2. The lowest BCUT2D eigenvalue weighted by molar-refractivity contribution is -0.139. The Morgan fingerprint density at radius 3 is 2.50 bits per heavy atom. The third kappa shape index (κ3) is 9.93.